The number of nitrogens with one attached hydrogen (secondary N) is 1. The quantitative estimate of drug-likeness (QED) is 0.542. The second-order valence-electron chi connectivity index (χ2n) is 12.1. The number of nitriles is 1. The highest BCUT2D eigenvalue weighted by molar-refractivity contribution is 7.89. The van der Waals surface area contributed by atoms with Crippen molar-refractivity contribution in [2.75, 3.05) is 25.0 Å². The van der Waals surface area contributed by atoms with Gasteiger partial charge in [0, 0.05) is 36.1 Å². The van der Waals surface area contributed by atoms with Crippen LogP contribution in [0.3, 0.4) is 0 Å². The molecule has 1 N–H and O–H groups in total. The van der Waals surface area contributed by atoms with Gasteiger partial charge in [0.25, 0.3) is 5.91 Å². The number of sulfonamides is 1. The molecule has 3 aliphatic rings. The Labute approximate surface area is 224 Å². The van der Waals surface area contributed by atoms with E-state index in [1.165, 1.54) is 23.5 Å². The first-order chi connectivity index (χ1) is 17.4. The fourth-order valence-electron chi connectivity index (χ4n) is 6.95. The van der Waals surface area contributed by atoms with Crippen LogP contribution in [0.25, 0.3) is 0 Å². The minimum Gasteiger partial charge on any atom is -0.312 e. The summed E-state index contributed by atoms with van der Waals surface area (Å²) in [6.45, 7) is 12.1. The Balaban J connectivity index is 1.32. The van der Waals surface area contributed by atoms with Gasteiger partial charge in [-0.1, -0.05) is 27.7 Å². The summed E-state index contributed by atoms with van der Waals surface area (Å²) < 4.78 is 28.8. The van der Waals surface area contributed by atoms with Crippen molar-refractivity contribution in [3.63, 3.8) is 0 Å². The predicted octanol–water partition coefficient (Wildman–Crippen LogP) is 5.23. The van der Waals surface area contributed by atoms with E-state index < -0.39 is 10.0 Å². The Hall–Kier alpha value is -2.25. The maximum atomic E-state index is 13.6. The lowest BCUT2D eigenvalue weighted by Crippen LogP contribution is -2.37. The van der Waals surface area contributed by atoms with Gasteiger partial charge in [0.15, 0.2) is 0 Å². The molecule has 2 fully saturated rings. The van der Waals surface area contributed by atoms with Crippen LogP contribution < -0.4 is 5.32 Å². The largest absolute Gasteiger partial charge is 0.312 e. The molecular weight excluding hydrogens is 504 g/mol. The predicted molar refractivity (Wildman–Crippen MR) is 146 cm³/mol. The van der Waals surface area contributed by atoms with Crippen LogP contribution in [0.1, 0.15) is 79.7 Å². The molecule has 2 bridgehead atoms. The van der Waals surface area contributed by atoms with Crippen LogP contribution in [0.15, 0.2) is 29.2 Å². The number of hydrogen-bond acceptors (Lipinski definition) is 6. The van der Waals surface area contributed by atoms with Crippen LogP contribution in [0.4, 0.5) is 5.00 Å². The Morgan fingerprint density at radius 2 is 1.95 bits per heavy atom. The molecule has 2 atom stereocenters. The number of thiophene rings is 1. The van der Waals surface area contributed by atoms with Crippen molar-refractivity contribution < 1.29 is 13.2 Å². The van der Waals surface area contributed by atoms with Gasteiger partial charge < -0.3 is 5.32 Å². The lowest BCUT2D eigenvalue weighted by atomic mass is 9.65. The molecule has 2 unspecified atom stereocenters. The second kappa shape index (κ2) is 9.49. The maximum absolute atomic E-state index is 13.6. The molecule has 2 aromatic rings. The molecule has 1 aromatic carbocycles. The van der Waals surface area contributed by atoms with Crippen LogP contribution in [0, 0.1) is 22.2 Å². The lowest BCUT2D eigenvalue weighted by molar-refractivity contribution is 0.102. The highest BCUT2D eigenvalue weighted by atomic mass is 32.2. The van der Waals surface area contributed by atoms with Crippen molar-refractivity contribution in [1.82, 2.24) is 9.21 Å². The first-order valence-electron chi connectivity index (χ1n) is 13.1. The average Bonchev–Trinajstić information content (AvgIpc) is 3.30. The molecule has 1 aliphatic carbocycles. The van der Waals surface area contributed by atoms with Gasteiger partial charge in [0.05, 0.1) is 10.5 Å². The molecule has 1 saturated carbocycles. The Bertz CT molecular complexity index is 1360. The van der Waals surface area contributed by atoms with E-state index in [4.69, 9.17) is 0 Å². The van der Waals surface area contributed by atoms with Crippen LogP contribution in [-0.4, -0.2) is 49.2 Å². The summed E-state index contributed by atoms with van der Waals surface area (Å²) in [4.78, 5) is 16.8. The molecule has 1 saturated heterocycles. The summed E-state index contributed by atoms with van der Waals surface area (Å²) in [6.07, 6.45) is 4.68. The van der Waals surface area contributed by atoms with Crippen LogP contribution >= 0.6 is 11.3 Å². The van der Waals surface area contributed by atoms with Gasteiger partial charge in [0.1, 0.15) is 11.1 Å². The Morgan fingerprint density at radius 1 is 1.22 bits per heavy atom. The van der Waals surface area contributed by atoms with E-state index in [1.807, 2.05) is 0 Å². The Kier molecular flexibility index (Phi) is 6.76. The molecule has 3 heterocycles. The first-order valence-corrected chi connectivity index (χ1v) is 15.4. The van der Waals surface area contributed by atoms with Crippen molar-refractivity contribution >= 4 is 32.3 Å². The van der Waals surface area contributed by atoms with Crippen molar-refractivity contribution in [3.05, 3.63) is 45.8 Å². The number of hydrogen-bond donors (Lipinski definition) is 1. The van der Waals surface area contributed by atoms with Gasteiger partial charge in [0.2, 0.25) is 10.0 Å². The normalized spacial score (nSPS) is 25.4. The summed E-state index contributed by atoms with van der Waals surface area (Å²) in [5.41, 5.74) is 2.10. The summed E-state index contributed by atoms with van der Waals surface area (Å²) in [5.74, 6) is -0.337. The highest BCUT2D eigenvalue weighted by Gasteiger charge is 2.53. The van der Waals surface area contributed by atoms with E-state index in [0.29, 0.717) is 22.7 Å². The number of carbonyl (C=O) groups excluding carboxylic acids is 1. The SMILES string of the molecule is CCCN1CCc2c(sc(NC(=O)c3ccc(S(=O)(=O)N4CC5(C)CC4CC(C)(C)C5)cc3)c2C#N)C1. The number of carbonyl (C=O) groups is 1. The van der Waals surface area contributed by atoms with Crippen LogP contribution in [0.5, 0.6) is 0 Å². The number of amides is 1. The van der Waals surface area contributed by atoms with Gasteiger partial charge in [-0.2, -0.15) is 9.57 Å². The van der Waals surface area contributed by atoms with Gasteiger partial charge in [-0.15, -0.1) is 11.3 Å². The molecule has 1 aromatic heterocycles. The number of nitrogens with zero attached hydrogens (tertiary/aromatic N) is 3. The summed E-state index contributed by atoms with van der Waals surface area (Å²) in [7, 11) is -3.65. The van der Waals surface area contributed by atoms with E-state index in [-0.39, 0.29) is 27.7 Å². The summed E-state index contributed by atoms with van der Waals surface area (Å²) >= 11 is 1.47. The van der Waals surface area contributed by atoms with Gasteiger partial charge in [-0.25, -0.2) is 8.42 Å². The van der Waals surface area contributed by atoms with E-state index in [2.05, 4.69) is 44.0 Å². The molecule has 1 amide bonds. The molecule has 7 nitrogen and oxygen atoms in total. The van der Waals surface area contributed by atoms with E-state index >= 15 is 0 Å². The van der Waals surface area contributed by atoms with Crippen molar-refractivity contribution in [2.45, 2.75) is 77.3 Å². The van der Waals surface area contributed by atoms with Crippen molar-refractivity contribution in [1.29, 1.82) is 5.26 Å². The lowest BCUT2D eigenvalue weighted by Gasteiger charge is -2.39. The second-order valence-corrected chi connectivity index (χ2v) is 15.1. The summed E-state index contributed by atoms with van der Waals surface area (Å²) in [6, 6.07) is 8.51. The minimum absolute atomic E-state index is 0.00516. The molecule has 5 rings (SSSR count). The average molecular weight is 541 g/mol. The minimum atomic E-state index is -3.65. The van der Waals surface area contributed by atoms with E-state index in [9.17, 15) is 18.5 Å². The van der Waals surface area contributed by atoms with Gasteiger partial charge in [-0.3, -0.25) is 9.69 Å². The number of fused-ring (bicyclic) bond motifs is 3. The topological polar surface area (TPSA) is 93.5 Å². The number of anilines is 1. The zero-order valence-electron chi connectivity index (χ0n) is 22.1. The highest BCUT2D eigenvalue weighted by Crippen LogP contribution is 2.53. The first kappa shape index (κ1) is 26.4. The molecule has 0 radical (unpaired) electrons. The molecule has 9 heteroatoms. The summed E-state index contributed by atoms with van der Waals surface area (Å²) in [5, 5.41) is 13.3. The van der Waals surface area contributed by atoms with Crippen LogP contribution in [-0.2, 0) is 23.0 Å². The smallest absolute Gasteiger partial charge is 0.256 e. The third-order valence-corrected chi connectivity index (χ3v) is 11.1. The number of benzene rings is 1. The van der Waals surface area contributed by atoms with Gasteiger partial charge in [-0.05, 0) is 79.3 Å². The standard InChI is InChI=1S/C28H36N4O3S2/c1-5-11-31-12-10-22-23(15-29)26(36-24(22)16-31)30-25(33)19-6-8-21(9-7-19)37(34,35)32-18-28(4)14-20(32)13-27(2,3)17-28/h6-9,20H,5,10-14,16-18H2,1-4H3,(H,30,33). The Morgan fingerprint density at radius 3 is 2.62 bits per heavy atom. The van der Waals surface area contributed by atoms with Crippen LogP contribution in [0.2, 0.25) is 0 Å². The molecule has 0 spiro atoms. The molecular formula is C28H36N4O3S2. The third kappa shape index (κ3) is 4.97. The molecule has 198 valence electrons. The number of rotatable bonds is 6. The zero-order valence-corrected chi connectivity index (χ0v) is 23.8. The van der Waals surface area contributed by atoms with Crippen molar-refractivity contribution in [3.8, 4) is 6.07 Å². The molecule has 37 heavy (non-hydrogen) atoms. The maximum Gasteiger partial charge on any atom is 0.256 e. The molecule has 2 aliphatic heterocycles. The fraction of sp³-hybridized carbons (Fsp3) is 0.571. The monoisotopic (exact) mass is 540 g/mol. The van der Waals surface area contributed by atoms with E-state index in [1.54, 1.807) is 16.4 Å². The fourth-order valence-corrected chi connectivity index (χ4v) is 9.96. The zero-order chi connectivity index (χ0) is 26.6. The van der Waals surface area contributed by atoms with Gasteiger partial charge >= 0.3 is 0 Å². The van der Waals surface area contributed by atoms with Crippen molar-refractivity contribution in [2.24, 2.45) is 10.8 Å². The van der Waals surface area contributed by atoms with E-state index in [0.717, 1.165) is 62.2 Å². The third-order valence-electron chi connectivity index (χ3n) is 8.10.